The Morgan fingerprint density at radius 3 is 2.95 bits per heavy atom. The second-order valence-electron chi connectivity index (χ2n) is 5.16. The van der Waals surface area contributed by atoms with E-state index in [-0.39, 0.29) is 17.5 Å². The summed E-state index contributed by atoms with van der Waals surface area (Å²) in [6, 6.07) is 4.79. The van der Waals surface area contributed by atoms with Gasteiger partial charge in [0.2, 0.25) is 0 Å². The molecule has 0 atom stereocenters. The molecule has 8 heteroatoms. The summed E-state index contributed by atoms with van der Waals surface area (Å²) in [6.07, 6.45) is 3.86. The Labute approximate surface area is 135 Å². The van der Waals surface area contributed by atoms with Gasteiger partial charge in [-0.05, 0) is 25.2 Å². The van der Waals surface area contributed by atoms with Crippen molar-refractivity contribution in [2.75, 3.05) is 12.0 Å². The van der Waals surface area contributed by atoms with E-state index < -0.39 is 4.92 Å². The van der Waals surface area contributed by atoms with Crippen LogP contribution in [0.3, 0.4) is 0 Å². The number of thioether (sulfide) groups is 1. The second kappa shape index (κ2) is 6.21. The van der Waals surface area contributed by atoms with Crippen LogP contribution in [0.15, 0.2) is 23.2 Å². The fourth-order valence-corrected chi connectivity index (χ4v) is 3.64. The van der Waals surface area contributed by atoms with E-state index in [1.165, 1.54) is 17.4 Å². The number of aromatic nitrogens is 1. The van der Waals surface area contributed by atoms with E-state index in [4.69, 9.17) is 0 Å². The summed E-state index contributed by atoms with van der Waals surface area (Å²) in [7, 11) is 0. The number of non-ortho nitro benzene ring substituents is 1. The number of rotatable bonds is 5. The summed E-state index contributed by atoms with van der Waals surface area (Å²) >= 11 is 3.05. The predicted molar refractivity (Wildman–Crippen MR) is 88.1 cm³/mol. The lowest BCUT2D eigenvalue weighted by Crippen LogP contribution is -2.18. The minimum atomic E-state index is -0.405. The minimum absolute atomic E-state index is 0.0610. The van der Waals surface area contributed by atoms with E-state index in [2.05, 4.69) is 4.99 Å². The molecule has 22 heavy (non-hydrogen) atoms. The monoisotopic (exact) mass is 337 g/mol. The highest BCUT2D eigenvalue weighted by molar-refractivity contribution is 7.98. The number of hydrogen-bond acceptors (Lipinski definition) is 5. The summed E-state index contributed by atoms with van der Waals surface area (Å²) in [5, 5.41) is 10.9. The molecule has 1 heterocycles. The molecular weight excluding hydrogens is 322 g/mol. The van der Waals surface area contributed by atoms with E-state index in [1.807, 2.05) is 10.8 Å². The molecule has 6 nitrogen and oxygen atoms in total. The first-order chi connectivity index (χ1) is 10.6. The van der Waals surface area contributed by atoms with Crippen LogP contribution in [0.1, 0.15) is 12.8 Å². The highest BCUT2D eigenvalue weighted by Crippen LogP contribution is 2.30. The van der Waals surface area contributed by atoms with Crippen LogP contribution < -0.4 is 4.80 Å². The van der Waals surface area contributed by atoms with Crippen LogP contribution in [0.4, 0.5) is 5.69 Å². The number of fused-ring (bicyclic) bond motifs is 1. The molecule has 3 rings (SSSR count). The Kier molecular flexibility index (Phi) is 4.30. The number of carbonyl (C=O) groups is 1. The summed E-state index contributed by atoms with van der Waals surface area (Å²) in [6.45, 7) is 0.732. The van der Waals surface area contributed by atoms with Crippen LogP contribution in [0.25, 0.3) is 10.2 Å². The Morgan fingerprint density at radius 2 is 2.32 bits per heavy atom. The zero-order valence-corrected chi connectivity index (χ0v) is 13.7. The van der Waals surface area contributed by atoms with Crippen molar-refractivity contribution in [3.05, 3.63) is 33.1 Å². The van der Waals surface area contributed by atoms with Gasteiger partial charge in [-0.25, -0.2) is 0 Å². The maximum atomic E-state index is 12.0. The maximum Gasteiger partial charge on any atom is 0.270 e. The van der Waals surface area contributed by atoms with Crippen molar-refractivity contribution < 1.29 is 9.72 Å². The zero-order valence-electron chi connectivity index (χ0n) is 12.0. The van der Waals surface area contributed by atoms with Crippen molar-refractivity contribution in [3.8, 4) is 0 Å². The number of aryl methyl sites for hydroxylation is 1. The van der Waals surface area contributed by atoms with E-state index in [9.17, 15) is 14.9 Å². The Morgan fingerprint density at radius 1 is 1.55 bits per heavy atom. The topological polar surface area (TPSA) is 77.5 Å². The van der Waals surface area contributed by atoms with Crippen molar-refractivity contribution in [2.24, 2.45) is 10.9 Å². The summed E-state index contributed by atoms with van der Waals surface area (Å²) < 4.78 is 2.78. The van der Waals surface area contributed by atoms with Gasteiger partial charge in [0.15, 0.2) is 4.80 Å². The second-order valence-corrected chi connectivity index (χ2v) is 7.16. The van der Waals surface area contributed by atoms with Crippen LogP contribution >= 0.6 is 23.1 Å². The molecular formula is C14H15N3O3S2. The molecule has 1 aliphatic rings. The standard InChI is InChI=1S/C14H15N3O3S2/c1-21-7-6-16-11-5-4-10(17(19)20)8-12(11)22-14(16)15-13(18)9-2-3-9/h4-5,8-9H,2-3,6-7H2,1H3. The van der Waals surface area contributed by atoms with Gasteiger partial charge in [0, 0.05) is 30.3 Å². The zero-order chi connectivity index (χ0) is 15.7. The third kappa shape index (κ3) is 3.07. The number of nitro groups is 1. The van der Waals surface area contributed by atoms with Crippen molar-refractivity contribution in [1.29, 1.82) is 0 Å². The summed E-state index contributed by atoms with van der Waals surface area (Å²) in [5.41, 5.74) is 0.956. The van der Waals surface area contributed by atoms with Gasteiger partial charge in [-0.1, -0.05) is 11.3 Å². The van der Waals surface area contributed by atoms with Crippen molar-refractivity contribution in [2.45, 2.75) is 19.4 Å². The van der Waals surface area contributed by atoms with Gasteiger partial charge >= 0.3 is 0 Å². The number of benzene rings is 1. The molecule has 1 aromatic carbocycles. The SMILES string of the molecule is CSCCn1c(=NC(=O)C2CC2)sc2cc([N+](=O)[O-])ccc21. The molecule has 2 aromatic rings. The lowest BCUT2D eigenvalue weighted by atomic mass is 10.3. The molecule has 1 fully saturated rings. The molecule has 1 aromatic heterocycles. The minimum Gasteiger partial charge on any atom is -0.316 e. The number of thiazole rings is 1. The molecule has 0 radical (unpaired) electrons. The van der Waals surface area contributed by atoms with E-state index in [0.717, 1.165) is 35.4 Å². The number of nitro benzene ring substituents is 1. The average molecular weight is 337 g/mol. The average Bonchev–Trinajstić information content (AvgIpc) is 3.28. The molecule has 0 saturated heterocycles. The molecule has 1 saturated carbocycles. The van der Waals surface area contributed by atoms with Gasteiger partial charge in [-0.3, -0.25) is 14.9 Å². The maximum absolute atomic E-state index is 12.0. The van der Waals surface area contributed by atoms with Gasteiger partial charge in [0.1, 0.15) is 0 Å². The van der Waals surface area contributed by atoms with Gasteiger partial charge in [0.25, 0.3) is 11.6 Å². The van der Waals surface area contributed by atoms with Crippen molar-refractivity contribution in [3.63, 3.8) is 0 Å². The highest BCUT2D eigenvalue weighted by Gasteiger charge is 2.29. The molecule has 0 N–H and O–H groups in total. The fraction of sp³-hybridized carbons (Fsp3) is 0.429. The lowest BCUT2D eigenvalue weighted by molar-refractivity contribution is -0.384. The molecule has 0 spiro atoms. The molecule has 0 bridgehead atoms. The van der Waals surface area contributed by atoms with Crippen molar-refractivity contribution in [1.82, 2.24) is 4.57 Å². The fourth-order valence-electron chi connectivity index (χ4n) is 2.18. The number of amides is 1. The number of carbonyl (C=O) groups excluding carboxylic acids is 1. The van der Waals surface area contributed by atoms with Crippen LogP contribution in [0, 0.1) is 16.0 Å². The molecule has 1 amide bonds. The van der Waals surface area contributed by atoms with Gasteiger partial charge in [0.05, 0.1) is 15.1 Å². The first-order valence-corrected chi connectivity index (χ1v) is 9.16. The Balaban J connectivity index is 2.11. The first kappa shape index (κ1) is 15.2. The highest BCUT2D eigenvalue weighted by atomic mass is 32.2. The molecule has 0 unspecified atom stereocenters. The van der Waals surface area contributed by atoms with E-state index in [1.54, 1.807) is 23.9 Å². The van der Waals surface area contributed by atoms with Crippen molar-refractivity contribution >= 4 is 44.9 Å². The first-order valence-electron chi connectivity index (χ1n) is 6.95. The van der Waals surface area contributed by atoms with Gasteiger partial charge in [-0.2, -0.15) is 16.8 Å². The molecule has 116 valence electrons. The molecule has 1 aliphatic carbocycles. The largest absolute Gasteiger partial charge is 0.316 e. The van der Waals surface area contributed by atoms with E-state index in [0.29, 0.717) is 4.80 Å². The smallest absolute Gasteiger partial charge is 0.270 e. The quantitative estimate of drug-likeness (QED) is 0.621. The van der Waals surface area contributed by atoms with Crippen LogP contribution in [-0.2, 0) is 11.3 Å². The summed E-state index contributed by atoms with van der Waals surface area (Å²) in [5.74, 6) is 0.903. The normalized spacial score (nSPS) is 15.4. The number of hydrogen-bond donors (Lipinski definition) is 0. The predicted octanol–water partition coefficient (Wildman–Crippen LogP) is 2.81. The lowest BCUT2D eigenvalue weighted by Gasteiger charge is -2.03. The van der Waals surface area contributed by atoms with Gasteiger partial charge < -0.3 is 4.57 Å². The Bertz CT molecular complexity index is 805. The van der Waals surface area contributed by atoms with Crippen LogP contribution in [0.2, 0.25) is 0 Å². The van der Waals surface area contributed by atoms with Gasteiger partial charge in [-0.15, -0.1) is 0 Å². The van der Waals surface area contributed by atoms with E-state index >= 15 is 0 Å². The third-order valence-corrected chi connectivity index (χ3v) is 5.16. The van der Waals surface area contributed by atoms with Crippen LogP contribution in [-0.4, -0.2) is 27.4 Å². The third-order valence-electron chi connectivity index (χ3n) is 3.53. The van der Waals surface area contributed by atoms with Crippen LogP contribution in [0.5, 0.6) is 0 Å². The molecule has 0 aliphatic heterocycles. The Hall–Kier alpha value is -1.67. The summed E-state index contributed by atoms with van der Waals surface area (Å²) in [4.78, 5) is 27.4. The number of nitrogens with zero attached hydrogens (tertiary/aromatic N) is 3.